The highest BCUT2D eigenvalue weighted by atomic mass is 32.2. The first kappa shape index (κ1) is 15.5. The lowest BCUT2D eigenvalue weighted by atomic mass is 9.92. The van der Waals surface area contributed by atoms with Gasteiger partial charge in [-0.25, -0.2) is 8.42 Å². The van der Waals surface area contributed by atoms with Gasteiger partial charge in [-0.3, -0.25) is 4.79 Å². The number of rotatable bonds is 4. The van der Waals surface area contributed by atoms with Crippen LogP contribution in [0.15, 0.2) is 29.2 Å². The number of carboxylic acid groups (broad SMARTS) is 1. The molecule has 0 aliphatic rings. The zero-order chi connectivity index (χ0) is 14.8. The summed E-state index contributed by atoms with van der Waals surface area (Å²) in [5.74, 6) is -0.829. The summed E-state index contributed by atoms with van der Waals surface area (Å²) in [4.78, 5) is 11.3. The van der Waals surface area contributed by atoms with Gasteiger partial charge in [-0.2, -0.15) is 0 Å². The lowest BCUT2D eigenvalue weighted by Crippen LogP contribution is -2.41. The van der Waals surface area contributed by atoms with E-state index in [-0.39, 0.29) is 4.90 Å². The largest absolute Gasteiger partial charge is 0.497 e. The first-order chi connectivity index (χ1) is 8.60. The Labute approximate surface area is 113 Å². The molecule has 1 N–H and O–H groups in total. The van der Waals surface area contributed by atoms with Crippen LogP contribution in [0.3, 0.4) is 0 Å². The molecule has 0 aliphatic heterocycles. The first-order valence-corrected chi connectivity index (χ1v) is 7.26. The van der Waals surface area contributed by atoms with E-state index in [1.165, 1.54) is 31.4 Å². The van der Waals surface area contributed by atoms with E-state index in [0.717, 1.165) is 0 Å². The van der Waals surface area contributed by atoms with Crippen LogP contribution in [0, 0.1) is 5.41 Å². The third-order valence-corrected chi connectivity index (χ3v) is 5.17. The Hall–Kier alpha value is -1.56. The maximum absolute atomic E-state index is 12.4. The molecule has 0 aromatic heterocycles. The van der Waals surface area contributed by atoms with Crippen molar-refractivity contribution in [2.75, 3.05) is 7.11 Å². The highest BCUT2D eigenvalue weighted by Gasteiger charge is 2.43. The molecule has 5 nitrogen and oxygen atoms in total. The van der Waals surface area contributed by atoms with Gasteiger partial charge < -0.3 is 9.84 Å². The summed E-state index contributed by atoms with van der Waals surface area (Å²) in [5.41, 5.74) is -0.898. The van der Waals surface area contributed by atoms with Crippen LogP contribution in [-0.4, -0.2) is 31.9 Å². The lowest BCUT2D eigenvalue weighted by Gasteiger charge is -2.26. The Morgan fingerprint density at radius 1 is 1.21 bits per heavy atom. The van der Waals surface area contributed by atoms with E-state index in [1.807, 2.05) is 0 Å². The second kappa shape index (κ2) is 5.21. The van der Waals surface area contributed by atoms with Crippen LogP contribution >= 0.6 is 0 Å². The summed E-state index contributed by atoms with van der Waals surface area (Å²) in [6.45, 7) is 4.77. The molecule has 1 unspecified atom stereocenters. The van der Waals surface area contributed by atoms with Crippen molar-refractivity contribution >= 4 is 15.8 Å². The predicted molar refractivity (Wildman–Crippen MR) is 71.1 cm³/mol. The summed E-state index contributed by atoms with van der Waals surface area (Å²) in [5, 5.41) is 7.71. The van der Waals surface area contributed by atoms with Crippen molar-refractivity contribution in [3.05, 3.63) is 24.3 Å². The van der Waals surface area contributed by atoms with E-state index < -0.39 is 26.5 Å². The van der Waals surface area contributed by atoms with Gasteiger partial charge in [0.05, 0.1) is 12.0 Å². The van der Waals surface area contributed by atoms with Crippen molar-refractivity contribution in [1.82, 2.24) is 0 Å². The standard InChI is InChI=1S/C13H18O5S/c1-13(2,3)11(12(14)15)19(16,17)10-7-5-9(18-4)6-8-10/h5-8,11H,1-4H3,(H,14,15). The van der Waals surface area contributed by atoms with Gasteiger partial charge in [-0.1, -0.05) is 20.8 Å². The third-order valence-electron chi connectivity index (χ3n) is 2.71. The molecule has 0 fully saturated rings. The van der Waals surface area contributed by atoms with Gasteiger partial charge in [0.15, 0.2) is 15.1 Å². The topological polar surface area (TPSA) is 80.7 Å². The molecule has 1 aromatic rings. The Bertz CT molecular complexity index is 552. The molecule has 0 saturated heterocycles. The average Bonchev–Trinajstić information content (AvgIpc) is 2.26. The van der Waals surface area contributed by atoms with Crippen LogP contribution in [0.2, 0.25) is 0 Å². The van der Waals surface area contributed by atoms with E-state index in [2.05, 4.69) is 0 Å². The second-order valence-electron chi connectivity index (χ2n) is 5.30. The normalized spacial score (nSPS) is 13.9. The number of sulfone groups is 1. The molecule has 6 heteroatoms. The summed E-state index contributed by atoms with van der Waals surface area (Å²) in [7, 11) is -2.47. The van der Waals surface area contributed by atoms with Gasteiger partial charge in [-0.05, 0) is 29.7 Å². The molecule has 0 radical (unpaired) electrons. The molecule has 0 saturated carbocycles. The van der Waals surface area contributed by atoms with Crippen molar-refractivity contribution in [1.29, 1.82) is 0 Å². The average molecular weight is 286 g/mol. The van der Waals surface area contributed by atoms with Crippen LogP contribution in [0.1, 0.15) is 20.8 Å². The van der Waals surface area contributed by atoms with Gasteiger partial charge in [-0.15, -0.1) is 0 Å². The molecule has 1 aromatic carbocycles. The fourth-order valence-corrected chi connectivity index (χ4v) is 3.85. The van der Waals surface area contributed by atoms with E-state index in [9.17, 15) is 18.3 Å². The van der Waals surface area contributed by atoms with Gasteiger partial charge >= 0.3 is 5.97 Å². The maximum atomic E-state index is 12.4. The van der Waals surface area contributed by atoms with Crippen LogP contribution < -0.4 is 4.74 Å². The van der Waals surface area contributed by atoms with Gasteiger partial charge in [0.25, 0.3) is 0 Å². The third kappa shape index (κ3) is 3.26. The number of carbonyl (C=O) groups is 1. The molecule has 0 heterocycles. The summed E-state index contributed by atoms with van der Waals surface area (Å²) < 4.78 is 29.7. The van der Waals surface area contributed by atoms with Gasteiger partial charge in [0, 0.05) is 0 Å². The van der Waals surface area contributed by atoms with Crippen LogP contribution in [0.25, 0.3) is 0 Å². The molecule has 0 amide bonds. The summed E-state index contributed by atoms with van der Waals surface area (Å²) >= 11 is 0. The fourth-order valence-electron chi connectivity index (χ4n) is 1.87. The number of hydrogen-bond donors (Lipinski definition) is 1. The minimum absolute atomic E-state index is 0.0179. The Kier molecular flexibility index (Phi) is 4.25. The molecule has 1 rings (SSSR count). The lowest BCUT2D eigenvalue weighted by molar-refractivity contribution is -0.138. The second-order valence-corrected chi connectivity index (χ2v) is 7.34. The Morgan fingerprint density at radius 2 is 1.68 bits per heavy atom. The van der Waals surface area contributed by atoms with Crippen molar-refractivity contribution in [2.45, 2.75) is 30.9 Å². The molecule has 106 valence electrons. The predicted octanol–water partition coefficient (Wildman–Crippen LogP) is 1.97. The van der Waals surface area contributed by atoms with E-state index in [4.69, 9.17) is 4.74 Å². The number of hydrogen-bond acceptors (Lipinski definition) is 4. The van der Waals surface area contributed by atoms with E-state index in [0.29, 0.717) is 5.75 Å². The summed E-state index contributed by atoms with van der Waals surface area (Å²) in [6, 6.07) is 5.70. The van der Waals surface area contributed by atoms with Gasteiger partial charge in [0.2, 0.25) is 0 Å². The smallest absolute Gasteiger partial charge is 0.322 e. The SMILES string of the molecule is COc1ccc(S(=O)(=O)C(C(=O)O)C(C)(C)C)cc1. The van der Waals surface area contributed by atoms with E-state index >= 15 is 0 Å². The monoisotopic (exact) mass is 286 g/mol. The molecule has 19 heavy (non-hydrogen) atoms. The fraction of sp³-hybridized carbons (Fsp3) is 0.462. The molecule has 1 atom stereocenters. The van der Waals surface area contributed by atoms with Gasteiger partial charge in [0.1, 0.15) is 5.75 Å². The summed E-state index contributed by atoms with van der Waals surface area (Å²) in [6.07, 6.45) is 0. The molecular weight excluding hydrogens is 268 g/mol. The number of methoxy groups -OCH3 is 1. The number of benzene rings is 1. The minimum atomic E-state index is -3.94. The van der Waals surface area contributed by atoms with Crippen LogP contribution in [0.5, 0.6) is 5.75 Å². The van der Waals surface area contributed by atoms with Crippen LogP contribution in [-0.2, 0) is 14.6 Å². The number of aliphatic carboxylic acids is 1. The highest BCUT2D eigenvalue weighted by Crippen LogP contribution is 2.31. The zero-order valence-electron chi connectivity index (χ0n) is 11.4. The highest BCUT2D eigenvalue weighted by molar-refractivity contribution is 7.92. The van der Waals surface area contributed by atoms with E-state index in [1.54, 1.807) is 20.8 Å². The quantitative estimate of drug-likeness (QED) is 0.915. The Balaban J connectivity index is 3.31. The van der Waals surface area contributed by atoms with Crippen molar-refractivity contribution in [3.63, 3.8) is 0 Å². The number of ether oxygens (including phenoxy) is 1. The molecular formula is C13H18O5S. The molecule has 0 spiro atoms. The maximum Gasteiger partial charge on any atom is 0.322 e. The van der Waals surface area contributed by atoms with Crippen LogP contribution in [0.4, 0.5) is 0 Å². The first-order valence-electron chi connectivity index (χ1n) is 5.71. The zero-order valence-corrected chi connectivity index (χ0v) is 12.2. The number of carboxylic acids is 1. The van der Waals surface area contributed by atoms with Crippen molar-refractivity contribution in [2.24, 2.45) is 5.41 Å². The Morgan fingerprint density at radius 3 is 2.00 bits per heavy atom. The molecule has 0 aliphatic carbocycles. The minimum Gasteiger partial charge on any atom is -0.497 e. The molecule has 0 bridgehead atoms. The van der Waals surface area contributed by atoms with Crippen molar-refractivity contribution < 1.29 is 23.1 Å². The van der Waals surface area contributed by atoms with Crippen molar-refractivity contribution in [3.8, 4) is 5.75 Å².